The molecule has 0 saturated carbocycles. The average molecular weight is 186 g/mol. The van der Waals surface area contributed by atoms with Crippen LogP contribution in [-0.4, -0.2) is 12.9 Å². The average Bonchev–Trinajstić information content (AvgIpc) is 1.91. The van der Waals surface area contributed by atoms with Gasteiger partial charge < -0.3 is 0 Å². The van der Waals surface area contributed by atoms with E-state index in [2.05, 4.69) is 26.2 Å². The molecule has 2 nitrogen and oxygen atoms in total. The normalized spacial score (nSPS) is 17.7. The number of hydrogen-bond donors (Lipinski definition) is 0. The van der Waals surface area contributed by atoms with Crippen molar-refractivity contribution in [3.05, 3.63) is 22.8 Å². The van der Waals surface area contributed by atoms with Gasteiger partial charge >= 0.3 is 0 Å². The van der Waals surface area contributed by atoms with Crippen LogP contribution in [0.4, 0.5) is 0 Å². The Morgan fingerprint density at radius 1 is 1.67 bits per heavy atom. The highest BCUT2D eigenvalue weighted by Gasteiger charge is 1.92. The van der Waals surface area contributed by atoms with Crippen LogP contribution in [0, 0.1) is 0 Å². The molecule has 1 heterocycles. The number of allylic oxidation sites excluding steroid dienone is 2. The largest absolute Gasteiger partial charge is 0.270 e. The second-order valence-electron chi connectivity index (χ2n) is 1.52. The minimum absolute atomic E-state index is 0.559. The van der Waals surface area contributed by atoms with Crippen LogP contribution in [0.15, 0.2) is 27.8 Å². The fourth-order valence-corrected chi connectivity index (χ4v) is 0.795. The van der Waals surface area contributed by atoms with Gasteiger partial charge in [0.2, 0.25) is 0 Å². The monoisotopic (exact) mass is 185 g/mol. The Hall–Kier alpha value is -0.570. The molecule has 0 aromatic rings. The predicted octanol–water partition coefficient (Wildman–Crippen LogP) is 1.43. The molecule has 9 heavy (non-hydrogen) atoms. The van der Waals surface area contributed by atoms with E-state index in [1.54, 1.807) is 11.2 Å². The Labute approximate surface area is 62.5 Å². The van der Waals surface area contributed by atoms with Crippen LogP contribution in [0.25, 0.3) is 0 Å². The first kappa shape index (κ1) is 6.55. The van der Waals surface area contributed by atoms with Gasteiger partial charge in [-0.2, -0.15) is 0 Å². The van der Waals surface area contributed by atoms with Crippen molar-refractivity contribution in [1.82, 2.24) is 5.32 Å². The molecule has 0 aromatic carbocycles. The van der Waals surface area contributed by atoms with Crippen LogP contribution >= 0.6 is 15.9 Å². The van der Waals surface area contributed by atoms with E-state index in [4.69, 9.17) is 0 Å². The van der Waals surface area contributed by atoms with Crippen LogP contribution in [0.3, 0.4) is 0 Å². The number of halogens is 1. The Kier molecular flexibility index (Phi) is 2.51. The molecular weight excluding hydrogens is 180 g/mol. The van der Waals surface area contributed by atoms with Gasteiger partial charge in [-0.25, -0.2) is 0 Å². The zero-order valence-electron chi connectivity index (χ0n) is 4.79. The number of aliphatic imine (C=N–C) groups is 1. The van der Waals surface area contributed by atoms with E-state index in [0.29, 0.717) is 6.67 Å². The molecule has 0 atom stereocenters. The van der Waals surface area contributed by atoms with Crippen molar-refractivity contribution >= 4 is 22.1 Å². The maximum Gasteiger partial charge on any atom is 0.130 e. The minimum atomic E-state index is 0.559. The molecule has 1 rings (SSSR count). The third kappa shape index (κ3) is 2.01. The predicted molar refractivity (Wildman–Crippen MR) is 41.6 cm³/mol. The Balaban J connectivity index is 2.57. The number of rotatable bonds is 1. The smallest absolute Gasteiger partial charge is 0.130 e. The quantitative estimate of drug-likeness (QED) is 0.592. The van der Waals surface area contributed by atoms with E-state index in [1.807, 2.05) is 12.2 Å². The molecule has 0 aromatic heterocycles. The fourth-order valence-electron chi connectivity index (χ4n) is 0.524. The summed E-state index contributed by atoms with van der Waals surface area (Å²) < 4.78 is 0. The van der Waals surface area contributed by atoms with Crippen molar-refractivity contribution in [1.29, 1.82) is 0 Å². The summed E-state index contributed by atoms with van der Waals surface area (Å²) >= 11 is 3.16. The molecule has 0 spiro atoms. The lowest BCUT2D eigenvalue weighted by Gasteiger charge is -2.01. The first-order chi connectivity index (χ1) is 4.43. The maximum atomic E-state index is 4.07. The summed E-state index contributed by atoms with van der Waals surface area (Å²) in [5.74, 6) is 0. The minimum Gasteiger partial charge on any atom is -0.270 e. The van der Waals surface area contributed by atoms with Crippen LogP contribution in [0.2, 0.25) is 0 Å². The highest BCUT2D eigenvalue weighted by Crippen LogP contribution is 1.98. The second-order valence-corrected chi connectivity index (χ2v) is 2.04. The molecule has 0 amide bonds. The van der Waals surface area contributed by atoms with E-state index >= 15 is 0 Å². The lowest BCUT2D eigenvalue weighted by atomic mass is 10.4. The molecule has 0 saturated heterocycles. The van der Waals surface area contributed by atoms with E-state index in [-0.39, 0.29) is 0 Å². The van der Waals surface area contributed by atoms with Gasteiger partial charge in [-0.05, 0) is 17.1 Å². The summed E-state index contributed by atoms with van der Waals surface area (Å²) in [5.41, 5.74) is 0.960. The molecule has 1 aliphatic rings. The third-order valence-corrected chi connectivity index (χ3v) is 1.18. The molecular formula is C6H6BrN2. The number of nitrogens with zero attached hydrogens (tertiary/aromatic N) is 2. The van der Waals surface area contributed by atoms with Crippen molar-refractivity contribution in [2.24, 2.45) is 4.99 Å². The SMILES string of the molecule is Br/C=C/C1=CC=NC[N]1. The Morgan fingerprint density at radius 3 is 3.11 bits per heavy atom. The highest BCUT2D eigenvalue weighted by atomic mass is 79.9. The summed E-state index contributed by atoms with van der Waals surface area (Å²) in [6.07, 6.45) is 5.50. The van der Waals surface area contributed by atoms with E-state index < -0.39 is 0 Å². The van der Waals surface area contributed by atoms with Crippen molar-refractivity contribution in [2.75, 3.05) is 6.67 Å². The highest BCUT2D eigenvalue weighted by molar-refractivity contribution is 9.11. The molecule has 0 fully saturated rings. The van der Waals surface area contributed by atoms with E-state index in [9.17, 15) is 0 Å². The van der Waals surface area contributed by atoms with Crippen LogP contribution < -0.4 is 5.32 Å². The summed E-state index contributed by atoms with van der Waals surface area (Å²) in [7, 11) is 0. The zero-order chi connectivity index (χ0) is 6.53. The van der Waals surface area contributed by atoms with Crippen molar-refractivity contribution in [2.45, 2.75) is 0 Å². The van der Waals surface area contributed by atoms with Crippen LogP contribution in [0.5, 0.6) is 0 Å². The number of hydrogen-bond acceptors (Lipinski definition) is 1. The molecule has 1 radical (unpaired) electrons. The molecule has 0 unspecified atom stereocenters. The van der Waals surface area contributed by atoms with Gasteiger partial charge in [-0.15, -0.1) is 0 Å². The standard InChI is InChI=1S/C6H6BrN2/c7-3-1-6-2-4-8-5-9-6/h1-4H,5H2/b3-1+. The molecule has 0 N–H and O–H groups in total. The van der Waals surface area contributed by atoms with Crippen molar-refractivity contribution in [3.63, 3.8) is 0 Å². The van der Waals surface area contributed by atoms with E-state index in [1.165, 1.54) is 0 Å². The topological polar surface area (TPSA) is 26.5 Å². The lowest BCUT2D eigenvalue weighted by molar-refractivity contribution is 0.827. The maximum absolute atomic E-state index is 4.07. The van der Waals surface area contributed by atoms with E-state index in [0.717, 1.165) is 5.70 Å². The molecule has 0 bridgehead atoms. The second kappa shape index (κ2) is 3.45. The summed E-state index contributed by atoms with van der Waals surface area (Å²) in [6, 6.07) is 0. The fraction of sp³-hybridized carbons (Fsp3) is 0.167. The van der Waals surface area contributed by atoms with Gasteiger partial charge in [0.25, 0.3) is 0 Å². The third-order valence-electron chi connectivity index (χ3n) is 0.919. The van der Waals surface area contributed by atoms with Gasteiger partial charge in [0.05, 0.1) is 5.70 Å². The Bertz CT molecular complexity index is 170. The van der Waals surface area contributed by atoms with Gasteiger partial charge in [0.1, 0.15) is 6.67 Å². The van der Waals surface area contributed by atoms with Gasteiger partial charge in [0.15, 0.2) is 0 Å². The van der Waals surface area contributed by atoms with Gasteiger partial charge in [-0.1, -0.05) is 15.9 Å². The molecule has 3 heteroatoms. The van der Waals surface area contributed by atoms with Crippen molar-refractivity contribution < 1.29 is 0 Å². The lowest BCUT2D eigenvalue weighted by Crippen LogP contribution is -2.06. The summed E-state index contributed by atoms with van der Waals surface area (Å²) in [6.45, 7) is 0.559. The molecule has 47 valence electrons. The molecule has 1 aliphatic heterocycles. The van der Waals surface area contributed by atoms with Crippen LogP contribution in [0.1, 0.15) is 0 Å². The van der Waals surface area contributed by atoms with Crippen molar-refractivity contribution in [3.8, 4) is 0 Å². The zero-order valence-corrected chi connectivity index (χ0v) is 6.37. The first-order valence-electron chi connectivity index (χ1n) is 2.58. The van der Waals surface area contributed by atoms with Gasteiger partial charge in [0, 0.05) is 6.21 Å². The first-order valence-corrected chi connectivity index (χ1v) is 3.49. The van der Waals surface area contributed by atoms with Gasteiger partial charge in [-0.3, -0.25) is 10.3 Å². The summed E-state index contributed by atoms with van der Waals surface area (Å²) in [4.78, 5) is 5.67. The summed E-state index contributed by atoms with van der Waals surface area (Å²) in [5, 5.41) is 4.07. The Morgan fingerprint density at radius 2 is 2.56 bits per heavy atom. The molecule has 0 aliphatic carbocycles. The van der Waals surface area contributed by atoms with Crippen LogP contribution in [-0.2, 0) is 0 Å².